The van der Waals surface area contributed by atoms with Crippen LogP contribution in [-0.4, -0.2) is 33.2 Å². The smallest absolute Gasteiger partial charge is 0.329 e. The number of halogens is 1. The highest BCUT2D eigenvalue weighted by Crippen LogP contribution is 2.57. The van der Waals surface area contributed by atoms with Gasteiger partial charge in [-0.3, -0.25) is 9.97 Å². The second kappa shape index (κ2) is 14.0. The maximum absolute atomic E-state index is 13.0. The number of hydrogen-bond acceptors (Lipinski definition) is 6. The van der Waals surface area contributed by atoms with Crippen LogP contribution in [0.2, 0.25) is 5.02 Å². The quantitative estimate of drug-likeness (QED) is 0.163. The number of aryl methyl sites for hydroxylation is 1. The number of aliphatic carboxylic acids is 1. The fraction of sp³-hybridized carbons (Fsp3) is 0.439. The van der Waals surface area contributed by atoms with Crippen LogP contribution in [0.1, 0.15) is 92.7 Å². The SMILES string of the molecule is C[C@@H](COc1ccnc2c1[C@H](C)CCC2)CC1Cc2ccc(OCc3cccnc3)cc2C12CCC(Nc1cccc(Cl)c1)(C(=O)O)CC2. The molecule has 8 heteroatoms. The standard InChI is InChI=1S/C41H46ClN3O4/c1-27(25-49-37-13-19-44-36-10-3-6-28(2)38(36)37)20-31-21-30-11-12-34(48-26-29-7-5-18-43-24-29)23-35(30)40(31)14-16-41(17-15-40,39(46)47)45-33-9-4-8-32(42)22-33/h4-5,7-9,11-13,18-19,22-24,27-28,31,45H,3,6,10,14-17,20-21,25-26H2,1-2H3,(H,46,47)/t27-,28-,31?,40?,41?/m1/s1. The highest BCUT2D eigenvalue weighted by Gasteiger charge is 2.54. The van der Waals surface area contributed by atoms with Gasteiger partial charge in [-0.2, -0.15) is 0 Å². The van der Waals surface area contributed by atoms with Crippen molar-refractivity contribution in [1.29, 1.82) is 0 Å². The molecule has 3 atom stereocenters. The molecule has 2 heterocycles. The van der Waals surface area contributed by atoms with Gasteiger partial charge < -0.3 is 19.9 Å². The van der Waals surface area contributed by atoms with Gasteiger partial charge in [0.15, 0.2) is 0 Å². The lowest BCUT2D eigenvalue weighted by Crippen LogP contribution is -2.53. The first-order valence-electron chi connectivity index (χ1n) is 17.8. The number of benzene rings is 2. The summed E-state index contributed by atoms with van der Waals surface area (Å²) >= 11 is 6.28. The van der Waals surface area contributed by atoms with E-state index < -0.39 is 11.5 Å². The van der Waals surface area contributed by atoms with Crippen molar-refractivity contribution >= 4 is 23.3 Å². The molecule has 0 aliphatic heterocycles. The fourth-order valence-corrected chi connectivity index (χ4v) is 9.01. The first-order valence-corrected chi connectivity index (χ1v) is 18.2. The third-order valence-corrected chi connectivity index (χ3v) is 11.6. The average Bonchev–Trinajstić information content (AvgIpc) is 3.39. The number of hydrogen-bond donors (Lipinski definition) is 2. The van der Waals surface area contributed by atoms with Crippen LogP contribution in [-0.2, 0) is 29.7 Å². The molecule has 3 aliphatic rings. The molecule has 0 amide bonds. The monoisotopic (exact) mass is 679 g/mol. The van der Waals surface area contributed by atoms with E-state index in [0.29, 0.717) is 48.8 Å². The third-order valence-electron chi connectivity index (χ3n) is 11.4. The van der Waals surface area contributed by atoms with Gasteiger partial charge in [-0.1, -0.05) is 43.6 Å². The summed E-state index contributed by atoms with van der Waals surface area (Å²) < 4.78 is 12.9. The number of carbonyl (C=O) groups is 1. The second-order valence-electron chi connectivity index (χ2n) is 14.7. The van der Waals surface area contributed by atoms with Crippen molar-refractivity contribution in [2.24, 2.45) is 11.8 Å². The van der Waals surface area contributed by atoms with Gasteiger partial charge in [0.1, 0.15) is 23.6 Å². The molecule has 49 heavy (non-hydrogen) atoms. The summed E-state index contributed by atoms with van der Waals surface area (Å²) in [4.78, 5) is 21.8. The summed E-state index contributed by atoms with van der Waals surface area (Å²) in [6, 6.07) is 19.9. The summed E-state index contributed by atoms with van der Waals surface area (Å²) in [6.07, 6.45) is 13.4. The topological polar surface area (TPSA) is 93.6 Å². The van der Waals surface area contributed by atoms with Gasteiger partial charge in [-0.05, 0) is 135 Å². The summed E-state index contributed by atoms with van der Waals surface area (Å²) in [6.45, 7) is 5.66. The molecule has 1 spiro atoms. The van der Waals surface area contributed by atoms with E-state index in [-0.39, 0.29) is 5.41 Å². The minimum absolute atomic E-state index is 0.156. The second-order valence-corrected chi connectivity index (χ2v) is 15.1. The Balaban J connectivity index is 1.13. The lowest BCUT2D eigenvalue weighted by Gasteiger charge is -2.47. The Labute approximate surface area is 294 Å². The van der Waals surface area contributed by atoms with Crippen molar-refractivity contribution in [2.45, 2.75) is 95.1 Å². The number of rotatable bonds is 11. The van der Waals surface area contributed by atoms with E-state index in [1.807, 2.05) is 42.7 Å². The predicted molar refractivity (Wildman–Crippen MR) is 193 cm³/mol. The number of carboxylic acid groups (broad SMARTS) is 1. The van der Waals surface area contributed by atoms with Crippen LogP contribution < -0.4 is 14.8 Å². The Morgan fingerprint density at radius 3 is 2.69 bits per heavy atom. The molecule has 0 bridgehead atoms. The van der Waals surface area contributed by atoms with E-state index in [2.05, 4.69) is 47.3 Å². The number of nitrogens with zero attached hydrogens (tertiary/aromatic N) is 2. The molecule has 256 valence electrons. The fourth-order valence-electron chi connectivity index (χ4n) is 8.82. The number of nitrogens with one attached hydrogen (secondary N) is 1. The molecule has 1 saturated carbocycles. The van der Waals surface area contributed by atoms with E-state index in [1.165, 1.54) is 35.2 Å². The zero-order valence-electron chi connectivity index (χ0n) is 28.5. The van der Waals surface area contributed by atoms with Crippen LogP contribution in [0.3, 0.4) is 0 Å². The minimum atomic E-state index is -1.07. The zero-order chi connectivity index (χ0) is 34.0. The number of anilines is 1. The molecule has 0 radical (unpaired) electrons. The van der Waals surface area contributed by atoms with Crippen molar-refractivity contribution in [1.82, 2.24) is 9.97 Å². The molecule has 1 unspecified atom stereocenters. The maximum atomic E-state index is 13.0. The van der Waals surface area contributed by atoms with Crippen molar-refractivity contribution in [3.63, 3.8) is 0 Å². The Morgan fingerprint density at radius 1 is 1.06 bits per heavy atom. The normalized spacial score (nSPS) is 24.9. The van der Waals surface area contributed by atoms with Crippen LogP contribution in [0.15, 0.2) is 79.3 Å². The first kappa shape index (κ1) is 33.4. The summed E-state index contributed by atoms with van der Waals surface area (Å²) in [5.41, 5.74) is 5.66. The van der Waals surface area contributed by atoms with E-state index >= 15 is 0 Å². The lowest BCUT2D eigenvalue weighted by atomic mass is 9.59. The molecule has 7 rings (SSSR count). The molecular weight excluding hydrogens is 634 g/mol. The van der Waals surface area contributed by atoms with Gasteiger partial charge in [0.2, 0.25) is 0 Å². The number of pyridine rings is 2. The van der Waals surface area contributed by atoms with Crippen molar-refractivity contribution in [2.75, 3.05) is 11.9 Å². The molecule has 2 aromatic heterocycles. The number of carboxylic acids is 1. The molecule has 2 aromatic carbocycles. The van der Waals surface area contributed by atoms with Crippen molar-refractivity contribution < 1.29 is 19.4 Å². The number of ether oxygens (including phenoxy) is 2. The van der Waals surface area contributed by atoms with E-state index in [9.17, 15) is 9.90 Å². The zero-order valence-corrected chi connectivity index (χ0v) is 29.2. The predicted octanol–water partition coefficient (Wildman–Crippen LogP) is 9.17. The van der Waals surface area contributed by atoms with Gasteiger partial charge in [-0.15, -0.1) is 0 Å². The van der Waals surface area contributed by atoms with Gasteiger partial charge in [-0.25, -0.2) is 4.79 Å². The highest BCUT2D eigenvalue weighted by atomic mass is 35.5. The maximum Gasteiger partial charge on any atom is 0.329 e. The summed E-state index contributed by atoms with van der Waals surface area (Å²) in [7, 11) is 0. The summed E-state index contributed by atoms with van der Waals surface area (Å²) in [5, 5.41) is 14.6. The van der Waals surface area contributed by atoms with Crippen LogP contribution in [0, 0.1) is 11.8 Å². The Hall–Kier alpha value is -4.10. The third kappa shape index (κ3) is 6.87. The average molecular weight is 680 g/mol. The van der Waals surface area contributed by atoms with Gasteiger partial charge in [0.25, 0.3) is 0 Å². The lowest BCUT2D eigenvalue weighted by molar-refractivity contribution is -0.144. The van der Waals surface area contributed by atoms with Crippen LogP contribution in [0.4, 0.5) is 5.69 Å². The largest absolute Gasteiger partial charge is 0.493 e. The molecular formula is C41H46ClN3O4. The van der Waals surface area contributed by atoms with Crippen molar-refractivity contribution in [3.05, 3.63) is 112 Å². The van der Waals surface area contributed by atoms with E-state index in [4.69, 9.17) is 21.1 Å². The molecule has 4 aromatic rings. The van der Waals surface area contributed by atoms with Crippen LogP contribution in [0.5, 0.6) is 11.5 Å². The number of fused-ring (bicyclic) bond motifs is 3. The van der Waals surface area contributed by atoms with E-state index in [0.717, 1.165) is 54.9 Å². The Bertz CT molecular complexity index is 1790. The molecule has 7 nitrogen and oxygen atoms in total. The Morgan fingerprint density at radius 2 is 1.92 bits per heavy atom. The minimum Gasteiger partial charge on any atom is -0.493 e. The molecule has 0 saturated heterocycles. The number of aromatic nitrogens is 2. The Kier molecular flexibility index (Phi) is 9.56. The van der Waals surface area contributed by atoms with Gasteiger partial charge in [0.05, 0.1) is 6.61 Å². The van der Waals surface area contributed by atoms with E-state index in [1.54, 1.807) is 18.3 Å². The molecule has 1 fully saturated rings. The van der Waals surface area contributed by atoms with Gasteiger partial charge >= 0.3 is 5.97 Å². The molecule has 2 N–H and O–H groups in total. The molecule has 3 aliphatic carbocycles. The van der Waals surface area contributed by atoms with Crippen molar-refractivity contribution in [3.8, 4) is 11.5 Å². The highest BCUT2D eigenvalue weighted by molar-refractivity contribution is 6.30. The van der Waals surface area contributed by atoms with Gasteiger partial charge in [0, 0.05) is 46.1 Å². The van der Waals surface area contributed by atoms with Crippen LogP contribution >= 0.6 is 11.6 Å². The summed E-state index contributed by atoms with van der Waals surface area (Å²) in [5.74, 6) is 2.14. The first-order chi connectivity index (χ1) is 23.7. The van der Waals surface area contributed by atoms with Crippen LogP contribution in [0.25, 0.3) is 0 Å².